The zero-order chi connectivity index (χ0) is 18.0. The monoisotopic (exact) mass is 437 g/mol. The highest BCUT2D eigenvalue weighted by Gasteiger charge is 2.35. The molecular weight excluding hydrogens is 426 g/mol. The largest absolute Gasteiger partial charge is 0.496 e. The van der Waals surface area contributed by atoms with Crippen LogP contribution in [0.4, 0.5) is 4.79 Å². The Hall–Kier alpha value is -1.76. The van der Waals surface area contributed by atoms with Crippen LogP contribution in [-0.2, 0) is 11.3 Å². The number of benzene rings is 2. The molecule has 0 bridgehead atoms. The van der Waals surface area contributed by atoms with Gasteiger partial charge >= 0.3 is 0 Å². The summed E-state index contributed by atoms with van der Waals surface area (Å²) in [5, 5.41) is 0.212. The number of hydrogen-bond donors (Lipinski definition) is 0. The van der Waals surface area contributed by atoms with Crippen LogP contribution in [0.3, 0.4) is 0 Å². The molecule has 0 N–H and O–H groups in total. The average Bonchev–Trinajstić information content (AvgIpc) is 2.84. The molecule has 7 heteroatoms. The third kappa shape index (κ3) is 3.92. The molecule has 0 saturated carbocycles. The van der Waals surface area contributed by atoms with Gasteiger partial charge in [0.2, 0.25) is 0 Å². The van der Waals surface area contributed by atoms with Crippen molar-refractivity contribution in [2.24, 2.45) is 0 Å². The number of thioether (sulfide) groups is 1. The maximum Gasteiger partial charge on any atom is 0.293 e. The molecule has 1 saturated heterocycles. The lowest BCUT2D eigenvalue weighted by Gasteiger charge is -2.13. The van der Waals surface area contributed by atoms with Crippen molar-refractivity contribution in [3.8, 4) is 5.75 Å². The van der Waals surface area contributed by atoms with E-state index in [-0.39, 0.29) is 17.7 Å². The van der Waals surface area contributed by atoms with E-state index >= 15 is 0 Å². The standard InChI is InChI=1S/C18H13BrClNO3S/c1-24-15-7-6-13(19)8-12(15)9-16-17(22)21(18(23)25-16)10-11-4-2-3-5-14(11)20/h2-9H,10H2,1H3/b16-9+. The first kappa shape index (κ1) is 18.0. The van der Waals surface area contributed by atoms with Gasteiger partial charge in [0.15, 0.2) is 0 Å². The molecule has 0 aromatic heterocycles. The summed E-state index contributed by atoms with van der Waals surface area (Å²) in [5.41, 5.74) is 1.45. The Bertz CT molecular complexity index is 884. The second-order valence-corrected chi connectivity index (χ2v) is 7.56. The molecule has 2 aromatic rings. The first-order chi connectivity index (χ1) is 12.0. The molecule has 0 atom stereocenters. The quantitative estimate of drug-likeness (QED) is 0.604. The van der Waals surface area contributed by atoms with Crippen molar-refractivity contribution in [3.05, 3.63) is 68.0 Å². The molecule has 0 aliphatic carbocycles. The highest BCUT2D eigenvalue weighted by atomic mass is 79.9. The van der Waals surface area contributed by atoms with E-state index in [0.29, 0.717) is 15.7 Å². The van der Waals surface area contributed by atoms with Crippen molar-refractivity contribution in [1.29, 1.82) is 0 Å². The van der Waals surface area contributed by atoms with Gasteiger partial charge in [-0.25, -0.2) is 0 Å². The average molecular weight is 439 g/mol. The molecular formula is C18H13BrClNO3S. The molecule has 25 heavy (non-hydrogen) atoms. The Morgan fingerprint density at radius 3 is 2.72 bits per heavy atom. The summed E-state index contributed by atoms with van der Waals surface area (Å²) in [7, 11) is 1.56. The molecule has 2 amide bonds. The van der Waals surface area contributed by atoms with E-state index in [1.165, 1.54) is 4.90 Å². The van der Waals surface area contributed by atoms with Crippen LogP contribution < -0.4 is 4.74 Å². The fraction of sp³-hybridized carbons (Fsp3) is 0.111. The summed E-state index contributed by atoms with van der Waals surface area (Å²) in [6.07, 6.45) is 1.67. The Kier molecular flexibility index (Phi) is 5.51. The lowest BCUT2D eigenvalue weighted by atomic mass is 10.1. The van der Waals surface area contributed by atoms with E-state index in [0.717, 1.165) is 27.4 Å². The number of hydrogen-bond acceptors (Lipinski definition) is 4. The molecule has 3 rings (SSSR count). The minimum Gasteiger partial charge on any atom is -0.496 e. The van der Waals surface area contributed by atoms with E-state index in [9.17, 15) is 9.59 Å². The maximum absolute atomic E-state index is 12.6. The Labute approximate surface area is 162 Å². The second-order valence-electron chi connectivity index (χ2n) is 5.25. The van der Waals surface area contributed by atoms with Gasteiger partial charge in [0.25, 0.3) is 11.1 Å². The van der Waals surface area contributed by atoms with Crippen LogP contribution >= 0.6 is 39.3 Å². The van der Waals surface area contributed by atoms with Gasteiger partial charge in [-0.05, 0) is 47.7 Å². The molecule has 128 valence electrons. The normalized spacial score (nSPS) is 16.0. The van der Waals surface area contributed by atoms with Crippen LogP contribution in [0, 0.1) is 0 Å². The topological polar surface area (TPSA) is 46.6 Å². The van der Waals surface area contributed by atoms with Crippen LogP contribution in [-0.4, -0.2) is 23.2 Å². The van der Waals surface area contributed by atoms with E-state index < -0.39 is 0 Å². The molecule has 1 aliphatic rings. The first-order valence-electron chi connectivity index (χ1n) is 7.32. The van der Waals surface area contributed by atoms with Crippen LogP contribution in [0.1, 0.15) is 11.1 Å². The summed E-state index contributed by atoms with van der Waals surface area (Å²) < 4.78 is 6.17. The Morgan fingerprint density at radius 2 is 2.00 bits per heavy atom. The highest BCUT2D eigenvalue weighted by molar-refractivity contribution is 9.10. The number of carbonyl (C=O) groups excluding carboxylic acids is 2. The van der Waals surface area contributed by atoms with Gasteiger partial charge in [0.1, 0.15) is 5.75 Å². The van der Waals surface area contributed by atoms with E-state index in [1.54, 1.807) is 37.5 Å². The van der Waals surface area contributed by atoms with Crippen LogP contribution in [0.2, 0.25) is 5.02 Å². The summed E-state index contributed by atoms with van der Waals surface area (Å²) in [5.74, 6) is 0.290. The number of halogens is 2. The minimum absolute atomic E-state index is 0.150. The number of amides is 2. The van der Waals surface area contributed by atoms with E-state index in [2.05, 4.69) is 15.9 Å². The third-order valence-electron chi connectivity index (χ3n) is 3.64. The maximum atomic E-state index is 12.6. The zero-order valence-electron chi connectivity index (χ0n) is 13.2. The molecule has 1 fully saturated rings. The lowest BCUT2D eigenvalue weighted by molar-refractivity contribution is -0.123. The van der Waals surface area contributed by atoms with Gasteiger partial charge in [0, 0.05) is 15.1 Å². The molecule has 4 nitrogen and oxygen atoms in total. The van der Waals surface area contributed by atoms with Gasteiger partial charge in [-0.2, -0.15) is 0 Å². The van der Waals surface area contributed by atoms with Crippen molar-refractivity contribution in [1.82, 2.24) is 4.90 Å². The molecule has 1 heterocycles. The van der Waals surface area contributed by atoms with Crippen molar-refractivity contribution in [2.45, 2.75) is 6.54 Å². The molecule has 0 radical (unpaired) electrons. The van der Waals surface area contributed by atoms with Gasteiger partial charge in [-0.15, -0.1) is 0 Å². The molecule has 0 unspecified atom stereocenters. The fourth-order valence-electron chi connectivity index (χ4n) is 2.39. The molecule has 2 aromatic carbocycles. The van der Waals surface area contributed by atoms with Crippen molar-refractivity contribution < 1.29 is 14.3 Å². The first-order valence-corrected chi connectivity index (χ1v) is 9.30. The van der Waals surface area contributed by atoms with Gasteiger partial charge in [-0.1, -0.05) is 45.7 Å². The number of nitrogens with zero attached hydrogens (tertiary/aromatic N) is 1. The SMILES string of the molecule is COc1ccc(Br)cc1/C=C1/SC(=O)N(Cc2ccccc2Cl)C1=O. The van der Waals surface area contributed by atoms with Crippen molar-refractivity contribution >= 4 is 56.5 Å². The lowest BCUT2D eigenvalue weighted by Crippen LogP contribution is -2.27. The smallest absolute Gasteiger partial charge is 0.293 e. The predicted octanol–water partition coefficient (Wildman–Crippen LogP) is 5.35. The number of carbonyl (C=O) groups is 2. The summed E-state index contributed by atoms with van der Waals surface area (Å²) in [4.78, 5) is 26.5. The van der Waals surface area contributed by atoms with Crippen LogP contribution in [0.25, 0.3) is 6.08 Å². The number of ether oxygens (including phenoxy) is 1. The summed E-state index contributed by atoms with van der Waals surface area (Å²) in [6.45, 7) is 0.150. The van der Waals surface area contributed by atoms with Gasteiger partial charge in [0.05, 0.1) is 18.6 Å². The second kappa shape index (κ2) is 7.64. The van der Waals surface area contributed by atoms with E-state index in [1.807, 2.05) is 18.2 Å². The predicted molar refractivity (Wildman–Crippen MR) is 104 cm³/mol. The Morgan fingerprint density at radius 1 is 1.24 bits per heavy atom. The number of methoxy groups -OCH3 is 1. The summed E-state index contributed by atoms with van der Waals surface area (Å²) in [6, 6.07) is 12.6. The van der Waals surface area contributed by atoms with Crippen molar-refractivity contribution in [3.63, 3.8) is 0 Å². The van der Waals surface area contributed by atoms with Crippen molar-refractivity contribution in [2.75, 3.05) is 7.11 Å². The highest BCUT2D eigenvalue weighted by Crippen LogP contribution is 2.36. The molecule has 0 spiro atoms. The van der Waals surface area contributed by atoms with Gasteiger partial charge in [-0.3, -0.25) is 14.5 Å². The third-order valence-corrected chi connectivity index (χ3v) is 5.41. The van der Waals surface area contributed by atoms with Gasteiger partial charge < -0.3 is 4.74 Å². The fourth-order valence-corrected chi connectivity index (χ4v) is 3.80. The number of rotatable bonds is 4. The minimum atomic E-state index is -0.336. The van der Waals surface area contributed by atoms with Crippen LogP contribution in [0.5, 0.6) is 5.75 Å². The van der Waals surface area contributed by atoms with E-state index in [4.69, 9.17) is 16.3 Å². The molecule has 1 aliphatic heterocycles. The Balaban J connectivity index is 1.89. The number of imide groups is 1. The summed E-state index contributed by atoms with van der Waals surface area (Å²) >= 11 is 10.4. The zero-order valence-corrected chi connectivity index (χ0v) is 16.3. The van der Waals surface area contributed by atoms with Crippen LogP contribution in [0.15, 0.2) is 51.8 Å².